The molecule has 0 unspecified atom stereocenters. The molecule has 37 heavy (non-hydrogen) atoms. The molecule has 3 atom stereocenters. The Hall–Kier alpha value is -3.44. The largest absolute Gasteiger partial charge is 0.492 e. The number of carbonyl (C=O) groups excluding carboxylic acids is 2. The number of amides is 2. The maximum atomic E-state index is 13.1. The Balaban J connectivity index is 1.32. The number of carbonyl (C=O) groups is 2. The first kappa shape index (κ1) is 26.6. The summed E-state index contributed by atoms with van der Waals surface area (Å²) in [5.41, 5.74) is -1.91. The summed E-state index contributed by atoms with van der Waals surface area (Å²) in [6, 6.07) is 6.48. The van der Waals surface area contributed by atoms with Gasteiger partial charge in [-0.25, -0.2) is 4.79 Å². The Morgan fingerprint density at radius 3 is 2.62 bits per heavy atom. The lowest BCUT2D eigenvalue weighted by molar-refractivity contribution is -0.128. The van der Waals surface area contributed by atoms with Crippen LogP contribution in [0.3, 0.4) is 0 Å². The van der Waals surface area contributed by atoms with Gasteiger partial charge in [0.2, 0.25) is 5.91 Å². The first-order valence-corrected chi connectivity index (χ1v) is 12.6. The molecular weight excluding hydrogens is 480 g/mol. The fourth-order valence-corrected chi connectivity index (χ4v) is 5.02. The third kappa shape index (κ3) is 5.94. The first-order valence-electron chi connectivity index (χ1n) is 12.6. The quantitative estimate of drug-likeness (QED) is 0.458. The van der Waals surface area contributed by atoms with Crippen LogP contribution in [0.2, 0.25) is 0 Å². The van der Waals surface area contributed by atoms with Crippen LogP contribution >= 0.6 is 0 Å². The number of ether oxygens (including phenoxy) is 1. The van der Waals surface area contributed by atoms with Gasteiger partial charge in [0, 0.05) is 43.4 Å². The summed E-state index contributed by atoms with van der Waals surface area (Å²) < 4.78 is 6.91. The van der Waals surface area contributed by atoms with Gasteiger partial charge >= 0.3 is 5.69 Å². The summed E-state index contributed by atoms with van der Waals surface area (Å²) in [6.07, 6.45) is 2.43. The molecule has 2 amide bonds. The average molecular weight is 515 g/mol. The van der Waals surface area contributed by atoms with Crippen molar-refractivity contribution in [2.45, 2.75) is 63.3 Å². The van der Waals surface area contributed by atoms with Crippen molar-refractivity contribution >= 4 is 11.8 Å². The van der Waals surface area contributed by atoms with Crippen LogP contribution in [-0.4, -0.2) is 85.9 Å². The number of H-pyrrole nitrogens is 1. The second-order valence-electron chi connectivity index (χ2n) is 10.0. The summed E-state index contributed by atoms with van der Waals surface area (Å²) in [7, 11) is 1.66. The number of aryl methyl sites for hydroxylation is 1. The maximum Gasteiger partial charge on any atom is 0.328 e. The van der Waals surface area contributed by atoms with Crippen molar-refractivity contribution < 1.29 is 24.5 Å². The molecule has 1 aliphatic heterocycles. The third-order valence-electron chi connectivity index (χ3n) is 7.43. The molecule has 0 spiro atoms. The van der Waals surface area contributed by atoms with Crippen molar-refractivity contribution in [1.82, 2.24) is 19.4 Å². The van der Waals surface area contributed by atoms with Crippen molar-refractivity contribution in [2.24, 2.45) is 0 Å². The molecule has 2 heterocycles. The number of aliphatic hydroxyl groups is 2. The van der Waals surface area contributed by atoms with Crippen LogP contribution in [0.5, 0.6) is 5.75 Å². The van der Waals surface area contributed by atoms with Gasteiger partial charge in [0.15, 0.2) is 0 Å². The van der Waals surface area contributed by atoms with Crippen LogP contribution in [0.4, 0.5) is 0 Å². The van der Waals surface area contributed by atoms with Crippen LogP contribution in [0.15, 0.2) is 40.1 Å². The van der Waals surface area contributed by atoms with Gasteiger partial charge in [-0.1, -0.05) is 0 Å². The van der Waals surface area contributed by atoms with E-state index < -0.39 is 23.0 Å². The van der Waals surface area contributed by atoms with Gasteiger partial charge in [0.05, 0.1) is 19.2 Å². The van der Waals surface area contributed by atoms with Crippen LogP contribution < -0.4 is 16.0 Å². The Morgan fingerprint density at radius 2 is 1.97 bits per heavy atom. The molecule has 0 radical (unpaired) electrons. The molecule has 1 saturated carbocycles. The van der Waals surface area contributed by atoms with Crippen molar-refractivity contribution in [3.63, 3.8) is 0 Å². The number of hydrogen-bond donors (Lipinski definition) is 3. The second-order valence-corrected chi connectivity index (χ2v) is 10.0. The van der Waals surface area contributed by atoms with Gasteiger partial charge in [0.25, 0.3) is 11.5 Å². The molecule has 1 aliphatic carbocycles. The average Bonchev–Trinajstić information content (AvgIpc) is 3.28. The van der Waals surface area contributed by atoms with E-state index in [2.05, 4.69) is 4.98 Å². The molecule has 2 fully saturated rings. The molecule has 0 bridgehead atoms. The summed E-state index contributed by atoms with van der Waals surface area (Å²) in [5, 5.41) is 21.9. The monoisotopic (exact) mass is 514 g/mol. The standard InChI is InChI=1S/C26H34N4O7/c1-17-15-30(25(35)27-23(17)33)16-26(36)10-9-19(14-21(26)31)28(2)24(34)18-5-7-20(8-6-18)37-13-12-29-11-3-4-22(29)32/h5-8,15,19,21,31,36H,3-4,9-14,16H2,1-2H3,(H,27,33,35)/t19-,21+,26+/m0/s1. The number of benzene rings is 1. The lowest BCUT2D eigenvalue weighted by atomic mass is 9.79. The van der Waals surface area contributed by atoms with Gasteiger partial charge in [-0.2, -0.15) is 0 Å². The minimum atomic E-state index is -1.56. The van der Waals surface area contributed by atoms with Crippen LogP contribution in [-0.2, 0) is 11.3 Å². The van der Waals surface area contributed by atoms with Crippen LogP contribution in [0.1, 0.15) is 48.0 Å². The molecule has 200 valence electrons. The molecule has 1 saturated heterocycles. The maximum absolute atomic E-state index is 13.1. The first-order chi connectivity index (χ1) is 17.6. The summed E-state index contributed by atoms with van der Waals surface area (Å²) in [4.78, 5) is 54.0. The molecule has 4 rings (SSSR count). The number of aromatic amines is 1. The molecule has 2 aliphatic rings. The Kier molecular flexibility index (Phi) is 7.84. The van der Waals surface area contributed by atoms with Gasteiger partial charge in [-0.05, 0) is 56.9 Å². The molecule has 1 aromatic heterocycles. The summed E-state index contributed by atoms with van der Waals surface area (Å²) >= 11 is 0. The normalized spacial score (nSPS) is 23.8. The lowest BCUT2D eigenvalue weighted by Gasteiger charge is -2.43. The molecular formula is C26H34N4O7. The highest BCUT2D eigenvalue weighted by atomic mass is 16.5. The van der Waals surface area contributed by atoms with Crippen molar-refractivity contribution in [3.05, 3.63) is 62.4 Å². The van der Waals surface area contributed by atoms with Gasteiger partial charge in [-0.3, -0.25) is 23.9 Å². The summed E-state index contributed by atoms with van der Waals surface area (Å²) in [6.45, 7) is 3.08. The van der Waals surface area contributed by atoms with Gasteiger partial charge in [0.1, 0.15) is 18.0 Å². The van der Waals surface area contributed by atoms with Crippen molar-refractivity contribution in [1.29, 1.82) is 0 Å². The number of hydrogen-bond acceptors (Lipinski definition) is 7. The second kappa shape index (κ2) is 10.9. The molecule has 11 nitrogen and oxygen atoms in total. The molecule has 1 aromatic carbocycles. The van der Waals surface area contributed by atoms with E-state index in [4.69, 9.17) is 4.74 Å². The highest BCUT2D eigenvalue weighted by molar-refractivity contribution is 5.94. The topological polar surface area (TPSA) is 145 Å². The molecule has 2 aromatic rings. The Bertz CT molecular complexity index is 1250. The highest BCUT2D eigenvalue weighted by Crippen LogP contribution is 2.33. The van der Waals surface area contributed by atoms with Crippen LogP contribution in [0.25, 0.3) is 0 Å². The van der Waals surface area contributed by atoms with E-state index in [-0.39, 0.29) is 37.2 Å². The number of nitrogens with one attached hydrogen (secondary N) is 1. The van der Waals surface area contributed by atoms with Crippen molar-refractivity contribution in [2.75, 3.05) is 26.7 Å². The number of aliphatic hydroxyl groups excluding tert-OH is 1. The minimum absolute atomic E-state index is 0.145. The number of likely N-dealkylation sites (tertiary alicyclic amines) is 1. The van der Waals surface area contributed by atoms with E-state index >= 15 is 0 Å². The zero-order valence-electron chi connectivity index (χ0n) is 21.2. The van der Waals surface area contributed by atoms with E-state index in [9.17, 15) is 29.4 Å². The minimum Gasteiger partial charge on any atom is -0.492 e. The predicted molar refractivity (Wildman–Crippen MR) is 134 cm³/mol. The number of nitrogens with zero attached hydrogens (tertiary/aromatic N) is 3. The van der Waals surface area contributed by atoms with E-state index in [0.717, 1.165) is 13.0 Å². The van der Waals surface area contributed by atoms with Crippen LogP contribution in [0, 0.1) is 6.92 Å². The zero-order valence-corrected chi connectivity index (χ0v) is 21.2. The fraction of sp³-hybridized carbons (Fsp3) is 0.538. The Labute approximate surface area is 214 Å². The zero-order chi connectivity index (χ0) is 26.7. The molecule has 3 N–H and O–H groups in total. The molecule has 11 heteroatoms. The van der Waals surface area contributed by atoms with E-state index in [0.29, 0.717) is 42.9 Å². The number of rotatable bonds is 8. The lowest BCUT2D eigenvalue weighted by Crippen LogP contribution is -2.55. The van der Waals surface area contributed by atoms with E-state index in [1.54, 1.807) is 48.0 Å². The fourth-order valence-electron chi connectivity index (χ4n) is 5.02. The van der Waals surface area contributed by atoms with E-state index in [1.807, 2.05) is 0 Å². The van der Waals surface area contributed by atoms with Gasteiger partial charge < -0.3 is 24.7 Å². The number of aromatic nitrogens is 2. The summed E-state index contributed by atoms with van der Waals surface area (Å²) in [5.74, 6) is 0.542. The Morgan fingerprint density at radius 1 is 1.24 bits per heavy atom. The third-order valence-corrected chi connectivity index (χ3v) is 7.43. The van der Waals surface area contributed by atoms with E-state index in [1.165, 1.54) is 10.8 Å². The predicted octanol–water partition coefficient (Wildman–Crippen LogP) is 0.263. The van der Waals surface area contributed by atoms with Gasteiger partial charge in [-0.15, -0.1) is 0 Å². The smallest absolute Gasteiger partial charge is 0.328 e. The SMILES string of the molecule is Cc1cn(C[C@]2(O)CC[C@H](N(C)C(=O)c3ccc(OCCN4CCCC4=O)cc3)C[C@H]2O)c(=O)[nH]c1=O. The highest BCUT2D eigenvalue weighted by Gasteiger charge is 2.43. The van der Waals surface area contributed by atoms with Crippen molar-refractivity contribution in [3.8, 4) is 5.75 Å².